The first-order valence-electron chi connectivity index (χ1n) is 6.62. The summed E-state index contributed by atoms with van der Waals surface area (Å²) in [4.78, 5) is 14.4. The van der Waals surface area contributed by atoms with Crippen LogP contribution < -0.4 is 11.1 Å². The lowest BCUT2D eigenvalue weighted by molar-refractivity contribution is 0.171. The molecule has 2 heterocycles. The fraction of sp³-hybridized carbons (Fsp3) is 0.615. The number of aliphatic hydroxyl groups excluding tert-OH is 1. The fourth-order valence-corrected chi connectivity index (χ4v) is 3.38. The first-order chi connectivity index (χ1) is 9.20. The number of carbonyl (C=O) groups excluding carboxylic acids is 1. The highest BCUT2D eigenvalue weighted by Crippen LogP contribution is 2.30. The van der Waals surface area contributed by atoms with Gasteiger partial charge in [0.15, 0.2) is 0 Å². The largest absolute Gasteiger partial charge is 0.396 e. The number of nitrogens with two attached hydrogens (primary N) is 1. The standard InChI is InChI=1S/C13H21N3O2S/c14-13(18)16-8-10(12-3-1-6-19-12)7-11(9-16)15-4-2-5-17/h1,3,6,10-11,15,17H,2,4-5,7-9H2,(H2,14,18). The number of nitrogens with zero attached hydrogens (tertiary/aromatic N) is 1. The first-order valence-corrected chi connectivity index (χ1v) is 7.50. The molecule has 2 amide bonds. The highest BCUT2D eigenvalue weighted by atomic mass is 32.1. The van der Waals surface area contributed by atoms with E-state index in [1.54, 1.807) is 16.2 Å². The van der Waals surface area contributed by atoms with Crippen molar-refractivity contribution < 1.29 is 9.90 Å². The Morgan fingerprint density at radius 1 is 1.58 bits per heavy atom. The molecule has 1 aliphatic heterocycles. The maximum absolute atomic E-state index is 11.4. The van der Waals surface area contributed by atoms with Gasteiger partial charge in [-0.25, -0.2) is 4.79 Å². The van der Waals surface area contributed by atoms with E-state index in [4.69, 9.17) is 10.8 Å². The molecule has 0 bridgehead atoms. The molecule has 19 heavy (non-hydrogen) atoms. The number of urea groups is 1. The zero-order valence-corrected chi connectivity index (χ0v) is 11.7. The van der Waals surface area contributed by atoms with E-state index in [9.17, 15) is 4.79 Å². The van der Waals surface area contributed by atoms with Crippen LogP contribution in [0.15, 0.2) is 17.5 Å². The second-order valence-electron chi connectivity index (χ2n) is 4.92. The van der Waals surface area contributed by atoms with Gasteiger partial charge in [0.25, 0.3) is 0 Å². The Morgan fingerprint density at radius 3 is 3.05 bits per heavy atom. The van der Waals surface area contributed by atoms with Gasteiger partial charge in [0, 0.05) is 36.5 Å². The molecule has 1 aromatic rings. The summed E-state index contributed by atoms with van der Waals surface area (Å²) in [7, 11) is 0. The van der Waals surface area contributed by atoms with Gasteiger partial charge in [0.05, 0.1) is 0 Å². The lowest BCUT2D eigenvalue weighted by atomic mass is 9.93. The number of rotatable bonds is 5. The topological polar surface area (TPSA) is 78.6 Å². The molecule has 0 radical (unpaired) electrons. The van der Waals surface area contributed by atoms with E-state index < -0.39 is 0 Å². The molecule has 1 fully saturated rings. The number of hydrogen-bond donors (Lipinski definition) is 3. The minimum Gasteiger partial charge on any atom is -0.396 e. The third-order valence-corrected chi connectivity index (χ3v) is 4.51. The number of hydrogen-bond acceptors (Lipinski definition) is 4. The predicted molar refractivity (Wildman–Crippen MR) is 76.3 cm³/mol. The number of likely N-dealkylation sites (tertiary alicyclic amines) is 1. The Balaban J connectivity index is 1.98. The van der Waals surface area contributed by atoms with Crippen molar-refractivity contribution in [2.75, 3.05) is 26.2 Å². The van der Waals surface area contributed by atoms with Gasteiger partial charge >= 0.3 is 6.03 Å². The minimum absolute atomic E-state index is 0.188. The highest BCUT2D eigenvalue weighted by Gasteiger charge is 2.30. The summed E-state index contributed by atoms with van der Waals surface area (Å²) in [5.74, 6) is 0.355. The average Bonchev–Trinajstić information content (AvgIpc) is 2.92. The van der Waals surface area contributed by atoms with Crippen LogP contribution in [0.2, 0.25) is 0 Å². The van der Waals surface area contributed by atoms with Crippen LogP contribution in [0.3, 0.4) is 0 Å². The van der Waals surface area contributed by atoms with Crippen molar-refractivity contribution in [3.05, 3.63) is 22.4 Å². The number of thiophene rings is 1. The van der Waals surface area contributed by atoms with Crippen LogP contribution >= 0.6 is 11.3 Å². The number of amides is 2. The number of primary amides is 1. The van der Waals surface area contributed by atoms with Gasteiger partial charge < -0.3 is 21.1 Å². The van der Waals surface area contributed by atoms with Crippen LogP contribution in [0.25, 0.3) is 0 Å². The van der Waals surface area contributed by atoms with Crippen molar-refractivity contribution in [1.29, 1.82) is 0 Å². The molecule has 6 heteroatoms. The van der Waals surface area contributed by atoms with Crippen LogP contribution in [0.4, 0.5) is 4.79 Å². The van der Waals surface area contributed by atoms with E-state index in [1.807, 2.05) is 6.07 Å². The summed E-state index contributed by atoms with van der Waals surface area (Å²) in [6.07, 6.45) is 1.74. The second-order valence-corrected chi connectivity index (χ2v) is 5.90. The molecule has 1 saturated heterocycles. The van der Waals surface area contributed by atoms with Crippen molar-refractivity contribution in [2.24, 2.45) is 5.73 Å². The molecule has 2 rings (SSSR count). The van der Waals surface area contributed by atoms with Gasteiger partial charge in [0.2, 0.25) is 0 Å². The SMILES string of the molecule is NC(=O)N1CC(NCCCO)CC(c2cccs2)C1. The quantitative estimate of drug-likeness (QED) is 0.704. The number of aliphatic hydroxyl groups is 1. The second kappa shape index (κ2) is 6.88. The minimum atomic E-state index is -0.352. The Kier molecular flexibility index (Phi) is 5.18. The summed E-state index contributed by atoms with van der Waals surface area (Å²) in [6.45, 7) is 2.31. The maximum atomic E-state index is 11.4. The number of nitrogens with one attached hydrogen (secondary N) is 1. The van der Waals surface area contributed by atoms with Gasteiger partial charge in [-0.3, -0.25) is 0 Å². The predicted octanol–water partition coefficient (Wildman–Crippen LogP) is 0.957. The summed E-state index contributed by atoms with van der Waals surface area (Å²) >= 11 is 1.73. The number of piperidine rings is 1. The normalized spacial score (nSPS) is 23.5. The van der Waals surface area contributed by atoms with Gasteiger partial charge in [0.1, 0.15) is 0 Å². The molecular weight excluding hydrogens is 262 g/mol. The molecule has 0 spiro atoms. The van der Waals surface area contributed by atoms with Crippen molar-refractivity contribution in [3.8, 4) is 0 Å². The van der Waals surface area contributed by atoms with Gasteiger partial charge in [-0.15, -0.1) is 11.3 Å². The molecule has 2 atom stereocenters. The average molecular weight is 283 g/mol. The third kappa shape index (κ3) is 3.92. The zero-order valence-electron chi connectivity index (χ0n) is 10.9. The van der Waals surface area contributed by atoms with Crippen LogP contribution in [0.5, 0.6) is 0 Å². The lowest BCUT2D eigenvalue weighted by Gasteiger charge is -2.37. The van der Waals surface area contributed by atoms with Crippen molar-refractivity contribution in [2.45, 2.75) is 24.8 Å². The first kappa shape index (κ1) is 14.3. The van der Waals surface area contributed by atoms with E-state index in [-0.39, 0.29) is 18.7 Å². The molecular formula is C13H21N3O2S. The lowest BCUT2D eigenvalue weighted by Crippen LogP contribution is -2.52. The third-order valence-electron chi connectivity index (χ3n) is 3.48. The summed E-state index contributed by atoms with van der Waals surface area (Å²) in [5.41, 5.74) is 5.42. The summed E-state index contributed by atoms with van der Waals surface area (Å²) in [5, 5.41) is 14.3. The monoisotopic (exact) mass is 283 g/mol. The van der Waals surface area contributed by atoms with Crippen LogP contribution in [-0.4, -0.2) is 48.3 Å². The smallest absolute Gasteiger partial charge is 0.314 e. The van der Waals surface area contributed by atoms with E-state index in [1.165, 1.54) is 4.88 Å². The summed E-state index contributed by atoms with van der Waals surface area (Å²) in [6, 6.07) is 4.05. The van der Waals surface area contributed by atoms with Crippen LogP contribution in [0.1, 0.15) is 23.6 Å². The molecule has 1 aromatic heterocycles. The van der Waals surface area contributed by atoms with Crippen molar-refractivity contribution in [1.82, 2.24) is 10.2 Å². The molecule has 0 aromatic carbocycles. The van der Waals surface area contributed by atoms with E-state index in [0.717, 1.165) is 19.4 Å². The maximum Gasteiger partial charge on any atom is 0.314 e. The Hall–Kier alpha value is -1.11. The van der Waals surface area contributed by atoms with Crippen LogP contribution in [0, 0.1) is 0 Å². The molecule has 5 nitrogen and oxygen atoms in total. The van der Waals surface area contributed by atoms with Gasteiger partial charge in [-0.1, -0.05) is 6.07 Å². The Bertz CT molecular complexity index is 397. The van der Waals surface area contributed by atoms with E-state index in [0.29, 0.717) is 19.0 Å². The van der Waals surface area contributed by atoms with E-state index in [2.05, 4.69) is 16.8 Å². The van der Waals surface area contributed by atoms with Gasteiger partial charge in [-0.05, 0) is 30.8 Å². The Labute approximate surface area is 117 Å². The molecule has 0 aliphatic carbocycles. The van der Waals surface area contributed by atoms with Gasteiger partial charge in [-0.2, -0.15) is 0 Å². The highest BCUT2D eigenvalue weighted by molar-refractivity contribution is 7.10. The molecule has 0 saturated carbocycles. The summed E-state index contributed by atoms with van der Waals surface area (Å²) < 4.78 is 0. The molecule has 4 N–H and O–H groups in total. The van der Waals surface area contributed by atoms with Crippen molar-refractivity contribution >= 4 is 17.4 Å². The zero-order chi connectivity index (χ0) is 13.7. The van der Waals surface area contributed by atoms with Crippen molar-refractivity contribution in [3.63, 3.8) is 0 Å². The number of carbonyl (C=O) groups is 1. The van der Waals surface area contributed by atoms with E-state index >= 15 is 0 Å². The Morgan fingerprint density at radius 2 is 2.42 bits per heavy atom. The molecule has 106 valence electrons. The fourth-order valence-electron chi connectivity index (χ4n) is 2.54. The van der Waals surface area contributed by atoms with Crippen LogP contribution in [-0.2, 0) is 0 Å². The molecule has 2 unspecified atom stereocenters. The molecule has 1 aliphatic rings.